The van der Waals surface area contributed by atoms with Gasteiger partial charge in [0.1, 0.15) is 5.75 Å². The number of benzene rings is 1. The predicted molar refractivity (Wildman–Crippen MR) is 130 cm³/mol. The van der Waals surface area contributed by atoms with Gasteiger partial charge in [0.2, 0.25) is 5.88 Å². The number of rotatable bonds is 9. The van der Waals surface area contributed by atoms with Crippen molar-refractivity contribution < 1.29 is 18.3 Å². The first kappa shape index (κ1) is 24.8. The van der Waals surface area contributed by atoms with Crippen LogP contribution in [-0.2, 0) is 6.42 Å². The molecule has 2 heterocycles. The first-order valence-electron chi connectivity index (χ1n) is 12.8. The summed E-state index contributed by atoms with van der Waals surface area (Å²) in [5.41, 5.74) is 2.85. The molecule has 0 bridgehead atoms. The fraction of sp³-hybridized carbons (Fsp3) is 0.630. The second-order valence-corrected chi connectivity index (χ2v) is 9.83. The molecule has 1 aliphatic heterocycles. The normalized spacial score (nSPS) is 21.4. The first-order chi connectivity index (χ1) is 16.4. The molecule has 1 saturated heterocycles. The molecule has 5 nitrogen and oxygen atoms in total. The molecule has 4 rings (SSSR count). The average molecular weight is 474 g/mol. The summed E-state index contributed by atoms with van der Waals surface area (Å²) in [6.45, 7) is 2.78. The van der Waals surface area contributed by atoms with Gasteiger partial charge < -0.3 is 14.4 Å². The Morgan fingerprint density at radius 3 is 2.59 bits per heavy atom. The van der Waals surface area contributed by atoms with E-state index in [2.05, 4.69) is 17.1 Å². The number of hydrogen-bond acceptors (Lipinski definition) is 5. The van der Waals surface area contributed by atoms with Crippen molar-refractivity contribution in [2.45, 2.75) is 76.7 Å². The van der Waals surface area contributed by atoms with Gasteiger partial charge in [0, 0.05) is 31.1 Å². The zero-order chi connectivity index (χ0) is 24.0. The number of unbranched alkanes of at least 4 members (excludes halogenated alkanes) is 1. The van der Waals surface area contributed by atoms with Crippen LogP contribution in [-0.4, -0.2) is 53.9 Å². The topological polar surface area (TPSA) is 47.5 Å². The highest BCUT2D eigenvalue weighted by Gasteiger charge is 2.43. The molecular formula is C27H37F2N3O2. The van der Waals surface area contributed by atoms with E-state index in [0.717, 1.165) is 54.7 Å². The number of halogens is 2. The first-order valence-corrected chi connectivity index (χ1v) is 12.8. The number of aryl methyl sites for hydroxylation is 1. The van der Waals surface area contributed by atoms with E-state index < -0.39 is 11.8 Å². The summed E-state index contributed by atoms with van der Waals surface area (Å²) in [5, 5.41) is 8.63. The Balaban J connectivity index is 1.48. The molecule has 2 aromatic rings. The lowest BCUT2D eigenvalue weighted by atomic mass is 9.95. The van der Waals surface area contributed by atoms with Crippen molar-refractivity contribution in [2.24, 2.45) is 5.92 Å². The van der Waals surface area contributed by atoms with Crippen LogP contribution in [0.15, 0.2) is 30.3 Å². The van der Waals surface area contributed by atoms with E-state index in [0.29, 0.717) is 25.1 Å². The molecule has 1 aliphatic carbocycles. The monoisotopic (exact) mass is 473 g/mol. The van der Waals surface area contributed by atoms with Crippen LogP contribution in [0.3, 0.4) is 0 Å². The van der Waals surface area contributed by atoms with Gasteiger partial charge in [-0.3, -0.25) is 0 Å². The van der Waals surface area contributed by atoms with Gasteiger partial charge in [0.25, 0.3) is 5.92 Å². The summed E-state index contributed by atoms with van der Waals surface area (Å²) in [7, 11) is 1.87. The molecule has 2 aliphatic rings. The number of hydrogen-bond donors (Lipinski definition) is 0. The van der Waals surface area contributed by atoms with Gasteiger partial charge in [0.05, 0.1) is 24.3 Å². The van der Waals surface area contributed by atoms with Crippen LogP contribution in [0.1, 0.15) is 64.0 Å². The SMILES string of the molecule is CCCCc1nnc(OCC2CN(C)CCC2(F)F)cc1-c1ccc(OC2CCCCC2)cc1. The van der Waals surface area contributed by atoms with Crippen molar-refractivity contribution >= 4 is 0 Å². The smallest absolute Gasteiger partial charge is 0.256 e. The van der Waals surface area contributed by atoms with Gasteiger partial charge in [-0.2, -0.15) is 5.10 Å². The van der Waals surface area contributed by atoms with Crippen molar-refractivity contribution in [3.05, 3.63) is 36.0 Å². The van der Waals surface area contributed by atoms with Crippen LogP contribution in [0.2, 0.25) is 0 Å². The summed E-state index contributed by atoms with van der Waals surface area (Å²) in [5.74, 6) is -2.40. The van der Waals surface area contributed by atoms with Crippen molar-refractivity contribution in [3.63, 3.8) is 0 Å². The number of alkyl halides is 2. The molecule has 0 radical (unpaired) electrons. The van der Waals surface area contributed by atoms with Gasteiger partial charge in [-0.05, 0) is 63.3 Å². The van der Waals surface area contributed by atoms with E-state index in [1.165, 1.54) is 19.3 Å². The zero-order valence-electron chi connectivity index (χ0n) is 20.4. The second kappa shape index (κ2) is 11.4. The van der Waals surface area contributed by atoms with E-state index in [1.54, 1.807) is 0 Å². The minimum absolute atomic E-state index is 0.0755. The van der Waals surface area contributed by atoms with Crippen LogP contribution < -0.4 is 9.47 Å². The Morgan fingerprint density at radius 2 is 1.85 bits per heavy atom. The van der Waals surface area contributed by atoms with Crippen LogP contribution in [0, 0.1) is 5.92 Å². The molecule has 1 atom stereocenters. The van der Waals surface area contributed by atoms with Gasteiger partial charge in [-0.1, -0.05) is 31.9 Å². The van der Waals surface area contributed by atoms with Gasteiger partial charge >= 0.3 is 0 Å². The van der Waals surface area contributed by atoms with E-state index in [9.17, 15) is 8.78 Å². The third kappa shape index (κ3) is 6.44. The molecule has 1 saturated carbocycles. The number of ether oxygens (including phenoxy) is 2. The molecular weight excluding hydrogens is 436 g/mol. The maximum absolute atomic E-state index is 14.3. The molecule has 7 heteroatoms. The fourth-order valence-corrected chi connectivity index (χ4v) is 4.84. The quantitative estimate of drug-likeness (QED) is 0.436. The van der Waals surface area contributed by atoms with Crippen molar-refractivity contribution in [2.75, 3.05) is 26.7 Å². The molecule has 1 aromatic carbocycles. The lowest BCUT2D eigenvalue weighted by molar-refractivity contribution is -0.113. The largest absolute Gasteiger partial charge is 0.490 e. The molecule has 0 spiro atoms. The van der Waals surface area contributed by atoms with Crippen LogP contribution in [0.25, 0.3) is 11.1 Å². The van der Waals surface area contributed by atoms with Crippen molar-refractivity contribution in [1.82, 2.24) is 15.1 Å². The summed E-state index contributed by atoms with van der Waals surface area (Å²) in [6.07, 6.45) is 9.04. The van der Waals surface area contributed by atoms with E-state index in [1.807, 2.05) is 42.3 Å². The Hall–Kier alpha value is -2.28. The lowest BCUT2D eigenvalue weighted by Crippen LogP contribution is -2.47. The third-order valence-corrected chi connectivity index (χ3v) is 7.02. The predicted octanol–water partition coefficient (Wildman–Crippen LogP) is 6.16. The maximum atomic E-state index is 14.3. The summed E-state index contributed by atoms with van der Waals surface area (Å²) in [6, 6.07) is 9.94. The molecule has 1 unspecified atom stereocenters. The van der Waals surface area contributed by atoms with Crippen LogP contribution >= 0.6 is 0 Å². The Kier molecular flexibility index (Phi) is 8.35. The third-order valence-electron chi connectivity index (χ3n) is 7.02. The highest BCUT2D eigenvalue weighted by atomic mass is 19.3. The number of nitrogens with zero attached hydrogens (tertiary/aromatic N) is 3. The summed E-state index contributed by atoms with van der Waals surface area (Å²) < 4.78 is 40.6. The Bertz CT molecular complexity index is 917. The van der Waals surface area contributed by atoms with Crippen molar-refractivity contribution in [3.8, 4) is 22.8 Å². The Morgan fingerprint density at radius 1 is 1.09 bits per heavy atom. The fourth-order valence-electron chi connectivity index (χ4n) is 4.84. The standard InChI is InChI=1S/C27H37F2N3O2/c1-3-4-10-25-24(20-11-13-23(14-12-20)34-22-8-6-5-7-9-22)17-26(31-30-25)33-19-21-18-32(2)16-15-27(21,28)29/h11-14,17,21-22H,3-10,15-16,18-19H2,1-2H3. The number of piperidine rings is 1. The second-order valence-electron chi connectivity index (χ2n) is 9.83. The highest BCUT2D eigenvalue weighted by Crippen LogP contribution is 2.34. The van der Waals surface area contributed by atoms with Gasteiger partial charge in [0.15, 0.2) is 0 Å². The average Bonchev–Trinajstić information content (AvgIpc) is 2.85. The van der Waals surface area contributed by atoms with Gasteiger partial charge in [-0.25, -0.2) is 8.78 Å². The molecule has 1 aromatic heterocycles. The lowest BCUT2D eigenvalue weighted by Gasteiger charge is -2.36. The molecule has 186 valence electrons. The highest BCUT2D eigenvalue weighted by molar-refractivity contribution is 5.67. The van der Waals surface area contributed by atoms with Crippen molar-refractivity contribution in [1.29, 1.82) is 0 Å². The minimum Gasteiger partial charge on any atom is -0.490 e. The molecule has 34 heavy (non-hydrogen) atoms. The molecule has 0 amide bonds. The molecule has 2 fully saturated rings. The van der Waals surface area contributed by atoms with E-state index in [-0.39, 0.29) is 13.0 Å². The Labute approximate surface area is 201 Å². The minimum atomic E-state index is -2.72. The van der Waals surface area contributed by atoms with E-state index >= 15 is 0 Å². The summed E-state index contributed by atoms with van der Waals surface area (Å²) >= 11 is 0. The zero-order valence-corrected chi connectivity index (χ0v) is 20.4. The number of likely N-dealkylation sites (tertiary alicyclic amines) is 1. The molecule has 0 N–H and O–H groups in total. The summed E-state index contributed by atoms with van der Waals surface area (Å²) in [4.78, 5) is 1.92. The van der Waals surface area contributed by atoms with Crippen LogP contribution in [0.4, 0.5) is 8.78 Å². The maximum Gasteiger partial charge on any atom is 0.256 e. The van der Waals surface area contributed by atoms with E-state index in [4.69, 9.17) is 9.47 Å². The number of aromatic nitrogens is 2. The van der Waals surface area contributed by atoms with Crippen LogP contribution in [0.5, 0.6) is 11.6 Å². The van der Waals surface area contributed by atoms with Gasteiger partial charge in [-0.15, -0.1) is 5.10 Å².